The molecular formula is C29H36N4O7S. The Morgan fingerprint density at radius 3 is 2.71 bits per heavy atom. The number of likely N-dealkylation sites (N-methyl/N-ethyl adjacent to an activating group) is 1. The van der Waals surface area contributed by atoms with Crippen molar-refractivity contribution in [3.8, 4) is 5.75 Å². The number of hydrogen-bond donors (Lipinski definition) is 2. The summed E-state index contributed by atoms with van der Waals surface area (Å²) in [6.07, 6.45) is 1.63. The van der Waals surface area contributed by atoms with E-state index >= 15 is 0 Å². The van der Waals surface area contributed by atoms with E-state index < -0.39 is 28.3 Å². The fourth-order valence-electron chi connectivity index (χ4n) is 4.80. The Hall–Kier alpha value is -3.58. The third-order valence-corrected chi connectivity index (χ3v) is 8.31. The molecule has 0 aliphatic carbocycles. The fourth-order valence-corrected chi connectivity index (χ4v) is 6.15. The van der Waals surface area contributed by atoms with E-state index in [9.17, 15) is 18.0 Å². The van der Waals surface area contributed by atoms with Crippen LogP contribution in [0.2, 0.25) is 0 Å². The van der Waals surface area contributed by atoms with E-state index in [-0.39, 0.29) is 42.2 Å². The van der Waals surface area contributed by atoms with Crippen LogP contribution in [0.4, 0.5) is 5.69 Å². The van der Waals surface area contributed by atoms with Crippen LogP contribution in [-0.4, -0.2) is 75.9 Å². The second-order valence-corrected chi connectivity index (χ2v) is 11.6. The van der Waals surface area contributed by atoms with Crippen LogP contribution in [0, 0.1) is 0 Å². The van der Waals surface area contributed by atoms with Crippen molar-refractivity contribution in [2.24, 2.45) is 0 Å². The Kier molecular flexibility index (Phi) is 9.92. The normalized spacial score (nSPS) is 17.9. The average molecular weight is 585 g/mol. The molecule has 1 amide bonds. The van der Waals surface area contributed by atoms with Crippen LogP contribution in [0.5, 0.6) is 5.75 Å². The molecule has 0 saturated carbocycles. The predicted octanol–water partition coefficient (Wildman–Crippen LogP) is 3.09. The molecule has 1 saturated heterocycles. The monoisotopic (exact) mass is 584 g/mol. The van der Waals surface area contributed by atoms with E-state index in [1.165, 1.54) is 18.2 Å². The maximum Gasteiger partial charge on any atom is 0.310 e. The van der Waals surface area contributed by atoms with E-state index in [1.54, 1.807) is 13.1 Å². The summed E-state index contributed by atoms with van der Waals surface area (Å²) in [5, 5.41) is 3.84. The standard InChI is InChI=1S/C29H36N4O7S/c1-5-24(33(3)4)28(35)31-20-12-13-26(41(36,37)32-23-18-27(34)40-29(23)38-6-2)25(17-20)39-16-14-19-9-7-11-22-21(19)10-8-15-30-22/h7-13,15,17,23-24,29,32H,5-6,14,16,18H2,1-4H3,(H,31,35). The van der Waals surface area contributed by atoms with E-state index in [1.807, 2.05) is 56.3 Å². The van der Waals surface area contributed by atoms with Gasteiger partial charge in [0, 0.05) is 36.4 Å². The minimum atomic E-state index is -4.18. The highest BCUT2D eigenvalue weighted by Gasteiger charge is 2.39. The van der Waals surface area contributed by atoms with Crippen LogP contribution >= 0.6 is 0 Å². The molecule has 0 spiro atoms. The number of nitrogens with zero attached hydrogens (tertiary/aromatic N) is 2. The van der Waals surface area contributed by atoms with Crippen molar-refractivity contribution in [2.75, 3.05) is 32.6 Å². The van der Waals surface area contributed by atoms with Gasteiger partial charge in [0.2, 0.25) is 22.2 Å². The number of hydrogen-bond acceptors (Lipinski definition) is 9. The molecule has 220 valence electrons. The number of benzene rings is 2. The van der Waals surface area contributed by atoms with Gasteiger partial charge in [-0.3, -0.25) is 19.5 Å². The Morgan fingerprint density at radius 2 is 1.98 bits per heavy atom. The van der Waals surface area contributed by atoms with Gasteiger partial charge >= 0.3 is 5.97 Å². The molecule has 11 nitrogen and oxygen atoms in total. The molecule has 4 rings (SSSR count). The third-order valence-electron chi connectivity index (χ3n) is 6.78. The van der Waals surface area contributed by atoms with Crippen LogP contribution in [0.3, 0.4) is 0 Å². The van der Waals surface area contributed by atoms with Gasteiger partial charge in [0.25, 0.3) is 0 Å². The topological polar surface area (TPSA) is 136 Å². The van der Waals surface area contributed by atoms with Crippen molar-refractivity contribution in [3.63, 3.8) is 0 Å². The van der Waals surface area contributed by atoms with Gasteiger partial charge < -0.3 is 19.5 Å². The molecule has 1 aromatic heterocycles. The summed E-state index contributed by atoms with van der Waals surface area (Å²) in [5.41, 5.74) is 2.25. The lowest BCUT2D eigenvalue weighted by Crippen LogP contribution is -2.41. The van der Waals surface area contributed by atoms with Crippen molar-refractivity contribution < 1.29 is 32.2 Å². The number of cyclic esters (lactones) is 1. The molecule has 3 atom stereocenters. The van der Waals surface area contributed by atoms with Gasteiger partial charge in [0.1, 0.15) is 10.6 Å². The summed E-state index contributed by atoms with van der Waals surface area (Å²) in [7, 11) is -0.539. The zero-order chi connectivity index (χ0) is 29.6. The van der Waals surface area contributed by atoms with Gasteiger partial charge in [0.15, 0.2) is 0 Å². The molecule has 0 bridgehead atoms. The summed E-state index contributed by atoms with van der Waals surface area (Å²) in [6.45, 7) is 4.04. The first-order valence-electron chi connectivity index (χ1n) is 13.5. The van der Waals surface area contributed by atoms with Gasteiger partial charge in [-0.15, -0.1) is 0 Å². The predicted molar refractivity (Wildman–Crippen MR) is 154 cm³/mol. The molecule has 2 heterocycles. The quantitative estimate of drug-likeness (QED) is 0.291. The molecule has 2 aromatic carbocycles. The summed E-state index contributed by atoms with van der Waals surface area (Å²) in [4.78, 5) is 30.8. The van der Waals surface area contributed by atoms with Crippen molar-refractivity contribution in [2.45, 2.75) is 56.4 Å². The zero-order valence-electron chi connectivity index (χ0n) is 23.6. The van der Waals surface area contributed by atoms with Crippen molar-refractivity contribution in [1.82, 2.24) is 14.6 Å². The molecule has 2 N–H and O–H groups in total. The van der Waals surface area contributed by atoms with E-state index in [0.717, 1.165) is 16.5 Å². The van der Waals surface area contributed by atoms with Crippen LogP contribution in [-0.2, 0) is 35.5 Å². The minimum absolute atomic E-state index is 0.0600. The maximum absolute atomic E-state index is 13.5. The maximum atomic E-state index is 13.5. The lowest BCUT2D eigenvalue weighted by Gasteiger charge is -2.22. The fraction of sp³-hybridized carbons (Fsp3) is 0.414. The number of nitrogens with one attached hydrogen (secondary N) is 2. The number of sulfonamides is 1. The number of anilines is 1. The SMILES string of the molecule is CCOC1OC(=O)CC1NS(=O)(=O)c1ccc(NC(=O)C(CC)N(C)C)cc1OCCc1cccc2ncccc12. The largest absolute Gasteiger partial charge is 0.492 e. The summed E-state index contributed by atoms with van der Waals surface area (Å²) >= 11 is 0. The number of carbonyl (C=O) groups is 2. The first-order valence-corrected chi connectivity index (χ1v) is 15.0. The molecule has 1 aliphatic rings. The molecular weight excluding hydrogens is 548 g/mol. The van der Waals surface area contributed by atoms with E-state index in [2.05, 4.69) is 15.0 Å². The van der Waals surface area contributed by atoms with Crippen LogP contribution in [0.1, 0.15) is 32.3 Å². The van der Waals surface area contributed by atoms with Crippen molar-refractivity contribution in [3.05, 3.63) is 60.3 Å². The molecule has 0 radical (unpaired) electrons. The number of carbonyl (C=O) groups excluding carboxylic acids is 2. The van der Waals surface area contributed by atoms with Crippen LogP contribution in [0.25, 0.3) is 10.9 Å². The summed E-state index contributed by atoms with van der Waals surface area (Å²) in [6, 6.07) is 12.8. The van der Waals surface area contributed by atoms with Gasteiger partial charge in [-0.1, -0.05) is 25.1 Å². The van der Waals surface area contributed by atoms with Crippen LogP contribution < -0.4 is 14.8 Å². The molecule has 3 unspecified atom stereocenters. The highest BCUT2D eigenvalue weighted by atomic mass is 32.2. The first-order chi connectivity index (χ1) is 19.6. The van der Waals surface area contributed by atoms with E-state index in [4.69, 9.17) is 14.2 Å². The van der Waals surface area contributed by atoms with E-state index in [0.29, 0.717) is 18.5 Å². The Balaban J connectivity index is 1.60. The van der Waals surface area contributed by atoms with Gasteiger partial charge in [-0.05, 0) is 57.3 Å². The number of esters is 1. The third kappa shape index (κ3) is 7.39. The number of amides is 1. The highest BCUT2D eigenvalue weighted by Crippen LogP contribution is 2.30. The second-order valence-electron chi connectivity index (χ2n) is 9.87. The Morgan fingerprint density at radius 1 is 1.17 bits per heavy atom. The van der Waals surface area contributed by atoms with Gasteiger partial charge in [-0.2, -0.15) is 0 Å². The van der Waals surface area contributed by atoms with Crippen LogP contribution in [0.15, 0.2) is 59.6 Å². The lowest BCUT2D eigenvalue weighted by molar-refractivity contribution is -0.163. The smallest absolute Gasteiger partial charge is 0.310 e. The number of aromatic nitrogens is 1. The van der Waals surface area contributed by atoms with Crippen molar-refractivity contribution >= 4 is 38.5 Å². The lowest BCUT2D eigenvalue weighted by atomic mass is 10.1. The highest BCUT2D eigenvalue weighted by molar-refractivity contribution is 7.89. The minimum Gasteiger partial charge on any atom is -0.492 e. The second kappa shape index (κ2) is 13.4. The summed E-state index contributed by atoms with van der Waals surface area (Å²) < 4.78 is 46.2. The van der Waals surface area contributed by atoms with Gasteiger partial charge in [-0.25, -0.2) is 13.1 Å². The van der Waals surface area contributed by atoms with Gasteiger partial charge in [0.05, 0.1) is 30.6 Å². The molecule has 3 aromatic rings. The van der Waals surface area contributed by atoms with Crippen molar-refractivity contribution in [1.29, 1.82) is 0 Å². The zero-order valence-corrected chi connectivity index (χ0v) is 24.4. The summed E-state index contributed by atoms with van der Waals surface area (Å²) in [5.74, 6) is -0.715. The number of rotatable bonds is 13. The molecule has 1 fully saturated rings. The Labute approximate surface area is 240 Å². The molecule has 12 heteroatoms. The Bertz CT molecular complexity index is 1490. The average Bonchev–Trinajstić information content (AvgIpc) is 3.26. The molecule has 41 heavy (non-hydrogen) atoms. The first kappa shape index (κ1) is 30.4. The number of fused-ring (bicyclic) bond motifs is 1. The number of ether oxygens (including phenoxy) is 3. The number of pyridine rings is 1. The molecule has 1 aliphatic heterocycles.